The minimum absolute atomic E-state index is 0.249. The number of carboxylic acid groups (broad SMARTS) is 1. The molecule has 7 heteroatoms. The molecule has 4 rings (SSSR count). The maximum absolute atomic E-state index is 13.8. The van der Waals surface area contributed by atoms with Crippen LogP contribution in [0.4, 0.5) is 0 Å². The fourth-order valence-electron chi connectivity index (χ4n) is 5.23. The number of carbonyl (C=O) groups excluding carboxylic acids is 2. The Morgan fingerprint density at radius 2 is 1.85 bits per heavy atom. The van der Waals surface area contributed by atoms with Gasteiger partial charge in [0.05, 0.1) is 18.7 Å². The molecule has 0 aromatic heterocycles. The number of piperidine rings is 1. The highest BCUT2D eigenvalue weighted by Gasteiger charge is 2.44. The fourth-order valence-corrected chi connectivity index (χ4v) is 5.23. The van der Waals surface area contributed by atoms with Crippen molar-refractivity contribution in [2.75, 3.05) is 6.61 Å². The molecule has 2 aliphatic heterocycles. The second-order valence-corrected chi connectivity index (χ2v) is 9.00. The minimum atomic E-state index is -0.984. The van der Waals surface area contributed by atoms with Crippen molar-refractivity contribution in [2.45, 2.75) is 69.6 Å². The number of aliphatic carboxylic acids is 1. The number of nitrogens with zero attached hydrogens (tertiary/aromatic N) is 1. The second-order valence-electron chi connectivity index (χ2n) is 9.00. The molecule has 34 heavy (non-hydrogen) atoms. The Hall–Kier alpha value is -3.19. The highest BCUT2D eigenvalue weighted by molar-refractivity contribution is 5.89. The monoisotopic (exact) mass is 464 g/mol. The number of nitrogens with one attached hydrogen (secondary N) is 1. The molecule has 0 spiro atoms. The van der Waals surface area contributed by atoms with Crippen LogP contribution in [0.1, 0.15) is 55.3 Å². The second kappa shape index (κ2) is 10.8. The standard InChI is InChI=1S/C27H32N2O5/c1-2-34-27(33)21(16-15-18-9-4-3-5-10-18)28-22-17-19-11-6-7-12-20(19)23-13-8-14-24(26(31)32)29(23)25(22)30/h3-7,9-12,21-24,28H,2,8,13-17H2,1H3,(H,31,32)/t21-,22-,23+,24-/m0/s1. The molecule has 2 aliphatic rings. The van der Waals surface area contributed by atoms with E-state index in [1.54, 1.807) is 11.8 Å². The zero-order chi connectivity index (χ0) is 24.1. The van der Waals surface area contributed by atoms with Crippen molar-refractivity contribution in [3.63, 3.8) is 0 Å². The van der Waals surface area contributed by atoms with E-state index in [-0.39, 0.29) is 18.6 Å². The van der Waals surface area contributed by atoms with E-state index in [0.29, 0.717) is 25.7 Å². The van der Waals surface area contributed by atoms with E-state index in [2.05, 4.69) is 5.32 Å². The average Bonchev–Trinajstić information content (AvgIpc) is 2.97. The maximum Gasteiger partial charge on any atom is 0.326 e. The molecule has 1 amide bonds. The lowest BCUT2D eigenvalue weighted by Gasteiger charge is -2.41. The zero-order valence-electron chi connectivity index (χ0n) is 19.5. The number of aryl methyl sites for hydroxylation is 1. The third-order valence-corrected chi connectivity index (χ3v) is 6.84. The Morgan fingerprint density at radius 3 is 2.59 bits per heavy atom. The van der Waals surface area contributed by atoms with Crippen LogP contribution in [0.15, 0.2) is 54.6 Å². The van der Waals surface area contributed by atoms with Crippen LogP contribution in [0.25, 0.3) is 0 Å². The third kappa shape index (κ3) is 5.14. The molecule has 0 radical (unpaired) electrons. The van der Waals surface area contributed by atoms with Gasteiger partial charge in [-0.1, -0.05) is 54.6 Å². The van der Waals surface area contributed by atoms with E-state index in [1.807, 2.05) is 54.6 Å². The normalized spacial score (nSPS) is 22.8. The molecule has 0 unspecified atom stereocenters. The van der Waals surface area contributed by atoms with E-state index in [9.17, 15) is 19.5 Å². The number of hydrogen-bond donors (Lipinski definition) is 2. The summed E-state index contributed by atoms with van der Waals surface area (Å²) in [6.07, 6.45) is 3.44. The molecule has 180 valence electrons. The van der Waals surface area contributed by atoms with Crippen LogP contribution in [0.5, 0.6) is 0 Å². The minimum Gasteiger partial charge on any atom is -0.480 e. The predicted molar refractivity (Wildman–Crippen MR) is 127 cm³/mol. The Balaban J connectivity index is 1.63. The quantitative estimate of drug-likeness (QED) is 0.582. The number of carbonyl (C=O) groups is 3. The average molecular weight is 465 g/mol. The lowest BCUT2D eigenvalue weighted by molar-refractivity contribution is -0.156. The van der Waals surface area contributed by atoms with Crippen LogP contribution in [-0.2, 0) is 32.0 Å². The van der Waals surface area contributed by atoms with Gasteiger partial charge in [0, 0.05) is 0 Å². The molecule has 1 saturated heterocycles. The molecular weight excluding hydrogens is 432 g/mol. The number of esters is 1. The predicted octanol–water partition coefficient (Wildman–Crippen LogP) is 3.27. The summed E-state index contributed by atoms with van der Waals surface area (Å²) >= 11 is 0. The van der Waals surface area contributed by atoms with Gasteiger partial charge in [0.1, 0.15) is 12.1 Å². The van der Waals surface area contributed by atoms with Gasteiger partial charge < -0.3 is 14.7 Å². The van der Waals surface area contributed by atoms with Gasteiger partial charge in [-0.05, 0) is 62.1 Å². The van der Waals surface area contributed by atoms with E-state index < -0.39 is 30.1 Å². The maximum atomic E-state index is 13.8. The fraction of sp³-hybridized carbons (Fsp3) is 0.444. The van der Waals surface area contributed by atoms with Crippen molar-refractivity contribution < 1.29 is 24.2 Å². The summed E-state index contributed by atoms with van der Waals surface area (Å²) in [5, 5.41) is 13.2. The first-order chi connectivity index (χ1) is 16.5. The molecule has 0 aliphatic carbocycles. The first kappa shape index (κ1) is 24.0. The van der Waals surface area contributed by atoms with Crippen LogP contribution in [-0.4, -0.2) is 52.6 Å². The highest BCUT2D eigenvalue weighted by Crippen LogP contribution is 2.39. The number of hydrogen-bond acceptors (Lipinski definition) is 5. The summed E-state index contributed by atoms with van der Waals surface area (Å²) in [7, 11) is 0. The molecule has 2 heterocycles. The van der Waals surface area contributed by atoms with Gasteiger partial charge in [0.2, 0.25) is 5.91 Å². The Labute approximate surface area is 200 Å². The van der Waals surface area contributed by atoms with Gasteiger partial charge in [-0.25, -0.2) is 4.79 Å². The lowest BCUT2D eigenvalue weighted by Crippen LogP contribution is -2.57. The summed E-state index contributed by atoms with van der Waals surface area (Å²) < 4.78 is 5.32. The Morgan fingerprint density at radius 1 is 1.12 bits per heavy atom. The summed E-state index contributed by atoms with van der Waals surface area (Å²) in [6, 6.07) is 15.2. The molecule has 0 saturated carbocycles. The smallest absolute Gasteiger partial charge is 0.326 e. The first-order valence-electron chi connectivity index (χ1n) is 12.1. The van der Waals surface area contributed by atoms with Crippen LogP contribution in [0.3, 0.4) is 0 Å². The largest absolute Gasteiger partial charge is 0.480 e. The van der Waals surface area contributed by atoms with E-state index in [4.69, 9.17) is 4.74 Å². The summed E-state index contributed by atoms with van der Waals surface area (Å²) in [5.41, 5.74) is 3.11. The number of carboxylic acids is 1. The SMILES string of the molecule is CCOC(=O)[C@H](CCc1ccccc1)N[C@H]1Cc2ccccc2[C@H]2CCC[C@@H](C(=O)O)N2C1=O. The number of fused-ring (bicyclic) bond motifs is 3. The summed E-state index contributed by atoms with van der Waals surface area (Å²) in [5.74, 6) is -1.64. The number of ether oxygens (including phenoxy) is 1. The topological polar surface area (TPSA) is 95.9 Å². The number of benzene rings is 2. The Kier molecular flexibility index (Phi) is 7.63. The molecule has 4 atom stereocenters. The van der Waals surface area contributed by atoms with Crippen LogP contribution >= 0.6 is 0 Å². The van der Waals surface area contributed by atoms with E-state index in [0.717, 1.165) is 29.5 Å². The summed E-state index contributed by atoms with van der Waals surface area (Å²) in [6.45, 7) is 2.01. The lowest BCUT2D eigenvalue weighted by atomic mass is 9.89. The van der Waals surface area contributed by atoms with Crippen molar-refractivity contribution in [2.24, 2.45) is 0 Å². The summed E-state index contributed by atoms with van der Waals surface area (Å²) in [4.78, 5) is 40.3. The molecule has 0 bridgehead atoms. The molecule has 2 aromatic rings. The third-order valence-electron chi connectivity index (χ3n) is 6.84. The van der Waals surface area contributed by atoms with Crippen molar-refractivity contribution in [3.8, 4) is 0 Å². The molecule has 1 fully saturated rings. The van der Waals surface area contributed by atoms with E-state index in [1.165, 1.54) is 0 Å². The zero-order valence-corrected chi connectivity index (χ0v) is 19.5. The molecular formula is C27H32N2O5. The van der Waals surface area contributed by atoms with E-state index >= 15 is 0 Å². The van der Waals surface area contributed by atoms with Crippen molar-refractivity contribution in [1.82, 2.24) is 10.2 Å². The number of rotatable bonds is 8. The number of amides is 1. The van der Waals surface area contributed by atoms with Crippen LogP contribution < -0.4 is 5.32 Å². The molecule has 2 N–H and O–H groups in total. The van der Waals surface area contributed by atoms with Gasteiger partial charge in [0.15, 0.2) is 0 Å². The van der Waals surface area contributed by atoms with Crippen LogP contribution in [0, 0.1) is 0 Å². The molecule has 2 aromatic carbocycles. The van der Waals surface area contributed by atoms with Gasteiger partial charge in [-0.3, -0.25) is 14.9 Å². The van der Waals surface area contributed by atoms with Gasteiger partial charge in [0.25, 0.3) is 0 Å². The van der Waals surface area contributed by atoms with Crippen molar-refractivity contribution >= 4 is 17.8 Å². The molecule has 7 nitrogen and oxygen atoms in total. The first-order valence-corrected chi connectivity index (χ1v) is 12.1. The van der Waals surface area contributed by atoms with Gasteiger partial charge >= 0.3 is 11.9 Å². The van der Waals surface area contributed by atoms with Crippen molar-refractivity contribution in [1.29, 1.82) is 0 Å². The van der Waals surface area contributed by atoms with Crippen LogP contribution in [0.2, 0.25) is 0 Å². The van der Waals surface area contributed by atoms with Gasteiger partial charge in [-0.2, -0.15) is 0 Å². The van der Waals surface area contributed by atoms with Gasteiger partial charge in [-0.15, -0.1) is 0 Å². The highest BCUT2D eigenvalue weighted by atomic mass is 16.5. The van der Waals surface area contributed by atoms with Crippen molar-refractivity contribution in [3.05, 3.63) is 71.3 Å². The Bertz CT molecular complexity index is 1020.